The Labute approximate surface area is 146 Å². The van der Waals surface area contributed by atoms with Crippen LogP contribution in [0.4, 0.5) is 5.69 Å². The number of sulfonamides is 1. The Hall–Kier alpha value is -2.54. The first-order valence-corrected chi connectivity index (χ1v) is 9.61. The summed E-state index contributed by atoms with van der Waals surface area (Å²) < 4.78 is 33.0. The van der Waals surface area contributed by atoms with Gasteiger partial charge in [-0.3, -0.25) is 9.10 Å². The van der Waals surface area contributed by atoms with Crippen LogP contribution in [0.5, 0.6) is 5.75 Å². The van der Waals surface area contributed by atoms with Gasteiger partial charge in [0.15, 0.2) is 0 Å². The normalized spacial score (nSPS) is 19.9. The number of benzene rings is 2. The fraction of sp³-hybridized carbons (Fsp3) is 0.278. The highest BCUT2D eigenvalue weighted by Gasteiger charge is 2.30. The number of anilines is 1. The predicted octanol–water partition coefficient (Wildman–Crippen LogP) is 1.88. The van der Waals surface area contributed by atoms with Crippen LogP contribution >= 0.6 is 0 Å². The minimum absolute atomic E-state index is 0.0339. The Kier molecular flexibility index (Phi) is 3.88. The molecule has 1 atom stereocenters. The molecule has 6 nitrogen and oxygen atoms in total. The predicted molar refractivity (Wildman–Crippen MR) is 93.3 cm³/mol. The number of nitrogens with zero attached hydrogens (tertiary/aromatic N) is 1. The summed E-state index contributed by atoms with van der Waals surface area (Å²) in [4.78, 5) is 11.6. The molecule has 2 aromatic rings. The van der Waals surface area contributed by atoms with Crippen molar-refractivity contribution in [2.75, 3.05) is 24.0 Å². The van der Waals surface area contributed by atoms with E-state index in [0.717, 1.165) is 5.56 Å². The maximum Gasteiger partial charge on any atom is 0.264 e. The first-order valence-electron chi connectivity index (χ1n) is 8.17. The zero-order chi connectivity index (χ0) is 17.4. The minimum atomic E-state index is -3.66. The number of hydrogen-bond donors (Lipinski definition) is 1. The van der Waals surface area contributed by atoms with Crippen molar-refractivity contribution in [1.29, 1.82) is 0 Å². The van der Waals surface area contributed by atoms with E-state index in [1.807, 2.05) is 6.07 Å². The number of nitrogens with one attached hydrogen (secondary N) is 1. The van der Waals surface area contributed by atoms with Gasteiger partial charge in [-0.05, 0) is 29.8 Å². The molecule has 1 saturated heterocycles. The molecule has 2 heterocycles. The van der Waals surface area contributed by atoms with Gasteiger partial charge in [0.25, 0.3) is 10.0 Å². The maximum atomic E-state index is 13.0. The van der Waals surface area contributed by atoms with Gasteiger partial charge in [-0.2, -0.15) is 0 Å². The number of amides is 1. The third kappa shape index (κ3) is 2.84. The quantitative estimate of drug-likeness (QED) is 0.909. The standard InChI is InChI=1S/C18H18N2O4S/c21-18-11-14(12-19-18)13-5-7-15(8-6-13)25(22,23)20-9-10-24-17-4-2-1-3-16(17)20/h1-8,14H,9-12H2,(H,19,21)/t14-/m0/s1. The number of rotatable bonds is 3. The van der Waals surface area contributed by atoms with Crippen molar-refractivity contribution in [3.63, 3.8) is 0 Å². The summed E-state index contributed by atoms with van der Waals surface area (Å²) in [6, 6.07) is 14.0. The Bertz CT molecular complexity index is 909. The number of fused-ring (bicyclic) bond motifs is 1. The van der Waals surface area contributed by atoms with Crippen LogP contribution in [0.15, 0.2) is 53.4 Å². The van der Waals surface area contributed by atoms with Gasteiger partial charge < -0.3 is 10.1 Å². The summed E-state index contributed by atoms with van der Waals surface area (Å²) >= 11 is 0. The SMILES string of the molecule is O=C1C[C@H](c2ccc(S(=O)(=O)N3CCOc4ccccc43)cc2)CN1. The lowest BCUT2D eigenvalue weighted by Gasteiger charge is -2.30. The highest BCUT2D eigenvalue weighted by molar-refractivity contribution is 7.92. The third-order valence-corrected chi connectivity index (χ3v) is 6.43. The average Bonchev–Trinajstić information content (AvgIpc) is 3.08. The summed E-state index contributed by atoms with van der Waals surface area (Å²) in [6.07, 6.45) is 0.447. The number of hydrogen-bond acceptors (Lipinski definition) is 4. The van der Waals surface area contributed by atoms with Gasteiger partial charge >= 0.3 is 0 Å². The molecule has 0 spiro atoms. The second-order valence-electron chi connectivity index (χ2n) is 6.17. The molecule has 0 aliphatic carbocycles. The molecule has 0 bridgehead atoms. The summed E-state index contributed by atoms with van der Waals surface area (Å²) in [5.74, 6) is 0.712. The fourth-order valence-corrected chi connectivity index (χ4v) is 4.73. The summed E-state index contributed by atoms with van der Waals surface area (Å²) in [7, 11) is -3.66. The van der Waals surface area contributed by atoms with Gasteiger partial charge in [-0.25, -0.2) is 8.42 Å². The van der Waals surface area contributed by atoms with Crippen LogP contribution < -0.4 is 14.4 Å². The van der Waals surface area contributed by atoms with E-state index < -0.39 is 10.0 Å². The monoisotopic (exact) mass is 358 g/mol. The first-order chi connectivity index (χ1) is 12.1. The van der Waals surface area contributed by atoms with Crippen LogP contribution in [0.25, 0.3) is 0 Å². The molecule has 1 N–H and O–H groups in total. The lowest BCUT2D eigenvalue weighted by atomic mass is 9.99. The molecule has 2 aromatic carbocycles. The Morgan fingerprint density at radius 2 is 1.84 bits per heavy atom. The van der Waals surface area contributed by atoms with Crippen molar-refractivity contribution in [3.8, 4) is 5.75 Å². The molecular formula is C18H18N2O4S. The molecule has 0 radical (unpaired) electrons. The molecule has 0 saturated carbocycles. The van der Waals surface area contributed by atoms with Crippen LogP contribution in [-0.2, 0) is 14.8 Å². The van der Waals surface area contributed by atoms with Gasteiger partial charge in [0.1, 0.15) is 12.4 Å². The van der Waals surface area contributed by atoms with Crippen molar-refractivity contribution in [1.82, 2.24) is 5.32 Å². The smallest absolute Gasteiger partial charge is 0.264 e. The molecule has 4 rings (SSSR count). The number of ether oxygens (including phenoxy) is 1. The number of carbonyl (C=O) groups excluding carboxylic acids is 1. The van der Waals surface area contributed by atoms with Crippen LogP contribution in [0.1, 0.15) is 17.9 Å². The van der Waals surface area contributed by atoms with E-state index in [1.54, 1.807) is 42.5 Å². The van der Waals surface area contributed by atoms with E-state index in [0.29, 0.717) is 31.0 Å². The van der Waals surface area contributed by atoms with Crippen molar-refractivity contribution >= 4 is 21.6 Å². The molecule has 0 unspecified atom stereocenters. The van der Waals surface area contributed by atoms with Crippen LogP contribution in [-0.4, -0.2) is 34.0 Å². The van der Waals surface area contributed by atoms with Crippen LogP contribution in [0.2, 0.25) is 0 Å². The molecule has 1 fully saturated rings. The van der Waals surface area contributed by atoms with Crippen molar-refractivity contribution in [2.45, 2.75) is 17.2 Å². The molecule has 130 valence electrons. The van der Waals surface area contributed by atoms with E-state index in [-0.39, 0.29) is 23.3 Å². The third-order valence-electron chi connectivity index (χ3n) is 4.60. The van der Waals surface area contributed by atoms with Crippen LogP contribution in [0, 0.1) is 0 Å². The Morgan fingerprint density at radius 1 is 1.08 bits per heavy atom. The first kappa shape index (κ1) is 16.0. The number of carbonyl (C=O) groups is 1. The average molecular weight is 358 g/mol. The largest absolute Gasteiger partial charge is 0.489 e. The lowest BCUT2D eigenvalue weighted by Crippen LogP contribution is -2.37. The molecular weight excluding hydrogens is 340 g/mol. The fourth-order valence-electron chi connectivity index (χ4n) is 3.27. The lowest BCUT2D eigenvalue weighted by molar-refractivity contribution is -0.119. The van der Waals surface area contributed by atoms with E-state index in [2.05, 4.69) is 5.32 Å². The van der Waals surface area contributed by atoms with Gasteiger partial charge in [-0.1, -0.05) is 24.3 Å². The van der Waals surface area contributed by atoms with E-state index >= 15 is 0 Å². The second kappa shape index (κ2) is 6.07. The molecule has 0 aromatic heterocycles. The highest BCUT2D eigenvalue weighted by atomic mass is 32.2. The number of para-hydroxylation sites is 2. The Morgan fingerprint density at radius 3 is 2.56 bits per heavy atom. The highest BCUT2D eigenvalue weighted by Crippen LogP contribution is 2.35. The zero-order valence-electron chi connectivity index (χ0n) is 13.5. The molecule has 1 amide bonds. The molecule has 25 heavy (non-hydrogen) atoms. The molecule has 7 heteroatoms. The Balaban J connectivity index is 1.64. The van der Waals surface area contributed by atoms with Crippen molar-refractivity contribution in [3.05, 3.63) is 54.1 Å². The summed E-state index contributed by atoms with van der Waals surface area (Å²) in [5.41, 5.74) is 1.53. The van der Waals surface area contributed by atoms with Gasteiger partial charge in [0, 0.05) is 18.9 Å². The topological polar surface area (TPSA) is 75.7 Å². The summed E-state index contributed by atoms with van der Waals surface area (Å²) in [6.45, 7) is 1.20. The van der Waals surface area contributed by atoms with Crippen molar-refractivity contribution in [2.24, 2.45) is 0 Å². The molecule has 2 aliphatic rings. The molecule has 2 aliphatic heterocycles. The van der Waals surface area contributed by atoms with E-state index in [9.17, 15) is 13.2 Å². The van der Waals surface area contributed by atoms with E-state index in [1.165, 1.54) is 4.31 Å². The van der Waals surface area contributed by atoms with Gasteiger partial charge in [0.2, 0.25) is 5.91 Å². The van der Waals surface area contributed by atoms with Crippen molar-refractivity contribution < 1.29 is 17.9 Å². The minimum Gasteiger partial charge on any atom is -0.489 e. The summed E-state index contributed by atoms with van der Waals surface area (Å²) in [5, 5.41) is 2.80. The van der Waals surface area contributed by atoms with Gasteiger partial charge in [-0.15, -0.1) is 0 Å². The van der Waals surface area contributed by atoms with Crippen LogP contribution in [0.3, 0.4) is 0 Å². The van der Waals surface area contributed by atoms with Gasteiger partial charge in [0.05, 0.1) is 17.1 Å². The maximum absolute atomic E-state index is 13.0. The zero-order valence-corrected chi connectivity index (χ0v) is 14.3. The van der Waals surface area contributed by atoms with E-state index in [4.69, 9.17) is 4.74 Å². The second-order valence-corrected chi connectivity index (χ2v) is 8.03.